The lowest BCUT2D eigenvalue weighted by atomic mass is 10.2. The number of hydrogen-bond acceptors (Lipinski definition) is 1. The van der Waals surface area contributed by atoms with E-state index in [4.69, 9.17) is 0 Å². The molecule has 0 saturated heterocycles. The first-order valence-corrected chi connectivity index (χ1v) is 2.94. The third-order valence-electron chi connectivity index (χ3n) is 0.910. The summed E-state index contributed by atoms with van der Waals surface area (Å²) in [5.41, 5.74) is 0. The predicted octanol–water partition coefficient (Wildman–Crippen LogP) is 1.84. The highest BCUT2D eigenvalue weighted by molar-refractivity contribution is 5.65. The lowest BCUT2D eigenvalue weighted by Gasteiger charge is -1.83. The van der Waals surface area contributed by atoms with Crippen LogP contribution in [0.4, 0.5) is 0 Å². The van der Waals surface area contributed by atoms with Gasteiger partial charge in [-0.3, -0.25) is 4.79 Å². The fourth-order valence-corrected chi connectivity index (χ4v) is 0.453. The van der Waals surface area contributed by atoms with Gasteiger partial charge in [-0.25, -0.2) is 0 Å². The summed E-state index contributed by atoms with van der Waals surface area (Å²) in [5.74, 6) is 0. The molecule has 0 bridgehead atoms. The van der Waals surface area contributed by atoms with E-state index in [0.29, 0.717) is 0 Å². The van der Waals surface area contributed by atoms with E-state index >= 15 is 0 Å². The first kappa shape index (κ1) is 7.41. The molecule has 0 aliphatic carbocycles. The van der Waals surface area contributed by atoms with Gasteiger partial charge in [-0.15, -0.1) is 0 Å². The average Bonchev–Trinajstić information content (AvgIpc) is 1.81. The Hall–Kier alpha value is -0.590. The van der Waals surface area contributed by atoms with E-state index < -0.39 is 0 Å². The minimum absolute atomic E-state index is 1.01. The van der Waals surface area contributed by atoms with Crippen molar-refractivity contribution in [3.05, 3.63) is 12.2 Å². The van der Waals surface area contributed by atoms with Crippen LogP contribution in [0.15, 0.2) is 12.2 Å². The summed E-state index contributed by atoms with van der Waals surface area (Å²) in [7, 11) is 0. The zero-order valence-electron chi connectivity index (χ0n) is 5.18. The zero-order chi connectivity index (χ0) is 6.24. The van der Waals surface area contributed by atoms with E-state index in [1.54, 1.807) is 6.29 Å². The fraction of sp³-hybridized carbons (Fsp3) is 0.571. The summed E-state index contributed by atoms with van der Waals surface area (Å²) >= 11 is 0. The first-order chi connectivity index (χ1) is 3.91. The van der Waals surface area contributed by atoms with Crippen LogP contribution < -0.4 is 0 Å². The SMILES string of the molecule is CCCC/C=C/[C]=O. The van der Waals surface area contributed by atoms with Crippen molar-refractivity contribution in [2.45, 2.75) is 26.2 Å². The number of carbonyl (C=O) groups excluding carboxylic acids is 1. The van der Waals surface area contributed by atoms with Gasteiger partial charge < -0.3 is 0 Å². The number of allylic oxidation sites excluding steroid dienone is 2. The number of hydrogen-bond donors (Lipinski definition) is 0. The zero-order valence-corrected chi connectivity index (χ0v) is 5.18. The van der Waals surface area contributed by atoms with E-state index in [2.05, 4.69) is 6.92 Å². The highest BCUT2D eigenvalue weighted by atomic mass is 16.1. The third kappa shape index (κ3) is 5.41. The second-order valence-electron chi connectivity index (χ2n) is 1.66. The van der Waals surface area contributed by atoms with Gasteiger partial charge in [-0.1, -0.05) is 25.8 Å². The van der Waals surface area contributed by atoms with Crippen molar-refractivity contribution in [2.24, 2.45) is 0 Å². The van der Waals surface area contributed by atoms with Crippen LogP contribution in [0, 0.1) is 0 Å². The molecule has 0 rings (SSSR count). The Morgan fingerprint density at radius 3 is 2.88 bits per heavy atom. The van der Waals surface area contributed by atoms with Crippen molar-refractivity contribution < 1.29 is 4.79 Å². The van der Waals surface area contributed by atoms with Gasteiger partial charge in [0.15, 0.2) is 0 Å². The molecule has 1 heteroatoms. The van der Waals surface area contributed by atoms with Crippen molar-refractivity contribution in [3.63, 3.8) is 0 Å². The molecule has 1 radical (unpaired) electrons. The standard InChI is InChI=1S/C7H11O/c1-2-3-4-5-6-7-8/h5-6H,2-4H2,1H3/b6-5+. The van der Waals surface area contributed by atoms with Gasteiger partial charge >= 0.3 is 0 Å². The van der Waals surface area contributed by atoms with Crippen LogP contribution in [0.2, 0.25) is 0 Å². The lowest BCUT2D eigenvalue weighted by molar-refractivity contribution is 0.564. The molecule has 0 amide bonds. The lowest BCUT2D eigenvalue weighted by Crippen LogP contribution is -1.66. The molecule has 0 aromatic rings. The Bertz CT molecular complexity index is 74.5. The first-order valence-electron chi connectivity index (χ1n) is 2.94. The maximum absolute atomic E-state index is 9.56. The van der Waals surface area contributed by atoms with Gasteiger partial charge in [0.05, 0.1) is 0 Å². The molecule has 0 N–H and O–H groups in total. The molecule has 1 nitrogen and oxygen atoms in total. The second-order valence-corrected chi connectivity index (χ2v) is 1.66. The van der Waals surface area contributed by atoms with Crippen LogP contribution in [-0.2, 0) is 4.79 Å². The molecule has 8 heavy (non-hydrogen) atoms. The van der Waals surface area contributed by atoms with E-state index in [1.165, 1.54) is 12.5 Å². The van der Waals surface area contributed by atoms with Crippen molar-refractivity contribution >= 4 is 6.29 Å². The molecule has 0 fully saturated rings. The van der Waals surface area contributed by atoms with Crippen molar-refractivity contribution in [2.75, 3.05) is 0 Å². The van der Waals surface area contributed by atoms with Crippen LogP contribution in [-0.4, -0.2) is 6.29 Å². The monoisotopic (exact) mass is 111 g/mol. The third-order valence-corrected chi connectivity index (χ3v) is 0.910. The van der Waals surface area contributed by atoms with Gasteiger partial charge in [-0.05, 0) is 12.5 Å². The van der Waals surface area contributed by atoms with Gasteiger partial charge in [0.25, 0.3) is 0 Å². The van der Waals surface area contributed by atoms with E-state index in [9.17, 15) is 4.79 Å². The van der Waals surface area contributed by atoms with Crippen LogP contribution in [0.1, 0.15) is 26.2 Å². The molecule has 0 atom stereocenters. The smallest absolute Gasteiger partial charge is 0.225 e. The van der Waals surface area contributed by atoms with Gasteiger partial charge in [0.1, 0.15) is 0 Å². The Kier molecular flexibility index (Phi) is 5.94. The number of unbranched alkanes of at least 4 members (excludes halogenated alkanes) is 2. The highest BCUT2D eigenvalue weighted by Gasteiger charge is 1.75. The molecule has 0 aromatic heterocycles. The van der Waals surface area contributed by atoms with Gasteiger partial charge in [0.2, 0.25) is 6.29 Å². The molecule has 0 aromatic carbocycles. The molecule has 0 aliphatic rings. The predicted molar refractivity (Wildman–Crippen MR) is 34.4 cm³/mol. The largest absolute Gasteiger partial charge is 0.286 e. The average molecular weight is 111 g/mol. The minimum atomic E-state index is 1.01. The van der Waals surface area contributed by atoms with Crippen molar-refractivity contribution in [1.82, 2.24) is 0 Å². The molecule has 0 heterocycles. The maximum atomic E-state index is 9.56. The van der Waals surface area contributed by atoms with Gasteiger partial charge in [0, 0.05) is 0 Å². The summed E-state index contributed by atoms with van der Waals surface area (Å²) in [6, 6.07) is 0. The summed E-state index contributed by atoms with van der Waals surface area (Å²) in [5, 5.41) is 0. The normalized spacial score (nSPS) is 10.1. The van der Waals surface area contributed by atoms with Crippen LogP contribution >= 0.6 is 0 Å². The van der Waals surface area contributed by atoms with Crippen LogP contribution in [0.5, 0.6) is 0 Å². The molecule has 0 unspecified atom stereocenters. The molecule has 0 spiro atoms. The summed E-state index contributed by atoms with van der Waals surface area (Å²) < 4.78 is 0. The van der Waals surface area contributed by atoms with Gasteiger partial charge in [-0.2, -0.15) is 0 Å². The maximum Gasteiger partial charge on any atom is 0.225 e. The Balaban J connectivity index is 2.91. The Labute approximate surface area is 50.4 Å². The Morgan fingerprint density at radius 1 is 1.62 bits per heavy atom. The number of rotatable bonds is 4. The van der Waals surface area contributed by atoms with Crippen LogP contribution in [0.25, 0.3) is 0 Å². The Morgan fingerprint density at radius 2 is 2.38 bits per heavy atom. The summed E-state index contributed by atoms with van der Waals surface area (Å²) in [6.45, 7) is 2.12. The molecule has 0 saturated carbocycles. The molecular weight excluding hydrogens is 100 g/mol. The molecule has 45 valence electrons. The fourth-order valence-electron chi connectivity index (χ4n) is 0.453. The van der Waals surface area contributed by atoms with Crippen LogP contribution in [0.3, 0.4) is 0 Å². The summed E-state index contributed by atoms with van der Waals surface area (Å²) in [4.78, 5) is 9.56. The second kappa shape index (κ2) is 6.41. The minimum Gasteiger partial charge on any atom is -0.286 e. The van der Waals surface area contributed by atoms with Crippen molar-refractivity contribution in [3.8, 4) is 0 Å². The molecular formula is C7H11O. The van der Waals surface area contributed by atoms with E-state index in [0.717, 1.165) is 12.8 Å². The summed E-state index contributed by atoms with van der Waals surface area (Å²) in [6.07, 6.45) is 8.32. The molecule has 0 aliphatic heterocycles. The van der Waals surface area contributed by atoms with E-state index in [-0.39, 0.29) is 0 Å². The highest BCUT2D eigenvalue weighted by Crippen LogP contribution is 1.93. The quantitative estimate of drug-likeness (QED) is 0.399. The topological polar surface area (TPSA) is 17.1 Å². The van der Waals surface area contributed by atoms with E-state index in [1.807, 2.05) is 6.08 Å². The van der Waals surface area contributed by atoms with Crippen molar-refractivity contribution in [1.29, 1.82) is 0 Å².